The molecule has 0 N–H and O–H groups in total. The van der Waals surface area contributed by atoms with Gasteiger partial charge in [-0.1, -0.05) is 11.6 Å². The maximum atomic E-state index is 13.7. The van der Waals surface area contributed by atoms with E-state index in [0.29, 0.717) is 6.07 Å². The van der Waals surface area contributed by atoms with E-state index >= 15 is 0 Å². The summed E-state index contributed by atoms with van der Waals surface area (Å²) in [5.74, 6) is -3.96. The van der Waals surface area contributed by atoms with Crippen molar-refractivity contribution in [2.24, 2.45) is 0 Å². The maximum Gasteiger partial charge on any atom is 0.343 e. The van der Waals surface area contributed by atoms with E-state index in [-0.39, 0.29) is 33.8 Å². The summed E-state index contributed by atoms with van der Waals surface area (Å²) < 4.78 is 46.8. The highest BCUT2D eigenvalue weighted by molar-refractivity contribution is 6.32. The molecule has 0 aliphatic heterocycles. The molecule has 0 saturated carbocycles. The first-order chi connectivity index (χ1) is 12.3. The first-order valence-corrected chi connectivity index (χ1v) is 7.88. The Hall–Kier alpha value is -2.80. The Labute approximate surface area is 150 Å². The molecular formula is C18H11ClF3NO3. The lowest BCUT2D eigenvalue weighted by Gasteiger charge is -2.15. The molecule has 3 rings (SSSR count). The number of hydrogen-bond donors (Lipinski definition) is 0. The molecule has 26 heavy (non-hydrogen) atoms. The molecule has 0 spiro atoms. The number of benzene rings is 2. The topological polar surface area (TPSA) is 48.3 Å². The van der Waals surface area contributed by atoms with Crippen LogP contribution in [0.15, 0.2) is 41.3 Å². The normalized spacial score (nSPS) is 11.0. The molecule has 0 aliphatic carbocycles. The lowest BCUT2D eigenvalue weighted by molar-refractivity contribution is 0.0524. The van der Waals surface area contributed by atoms with Crippen molar-refractivity contribution in [1.29, 1.82) is 0 Å². The van der Waals surface area contributed by atoms with Crippen molar-refractivity contribution in [1.82, 2.24) is 4.57 Å². The van der Waals surface area contributed by atoms with E-state index in [2.05, 4.69) is 0 Å². The molecule has 0 aliphatic rings. The van der Waals surface area contributed by atoms with E-state index in [1.165, 1.54) is 10.6 Å². The minimum atomic E-state index is -1.24. The van der Waals surface area contributed by atoms with E-state index in [9.17, 15) is 22.8 Å². The SMILES string of the molecule is CCOC(=O)c1cn(-c2ccc(F)cc2Cl)c2cc(F)c(F)cc2c1=O. The second kappa shape index (κ2) is 6.84. The van der Waals surface area contributed by atoms with Crippen molar-refractivity contribution in [2.75, 3.05) is 6.61 Å². The van der Waals surface area contributed by atoms with Gasteiger partial charge in [0.25, 0.3) is 0 Å². The van der Waals surface area contributed by atoms with Crippen molar-refractivity contribution in [3.05, 3.63) is 74.8 Å². The van der Waals surface area contributed by atoms with E-state index in [1.54, 1.807) is 6.92 Å². The maximum absolute atomic E-state index is 13.7. The van der Waals surface area contributed by atoms with Crippen LogP contribution in [0, 0.1) is 17.5 Å². The summed E-state index contributed by atoms with van der Waals surface area (Å²) in [6.07, 6.45) is 1.11. The molecule has 0 amide bonds. The minimum Gasteiger partial charge on any atom is -0.462 e. The fourth-order valence-electron chi connectivity index (χ4n) is 2.55. The second-order valence-electron chi connectivity index (χ2n) is 5.34. The first kappa shape index (κ1) is 18.0. The van der Waals surface area contributed by atoms with Crippen molar-refractivity contribution in [2.45, 2.75) is 6.92 Å². The molecule has 0 atom stereocenters. The molecular weight excluding hydrogens is 371 g/mol. The van der Waals surface area contributed by atoms with Gasteiger partial charge in [-0.15, -0.1) is 0 Å². The molecule has 0 fully saturated rings. The lowest BCUT2D eigenvalue weighted by atomic mass is 10.1. The predicted octanol–water partition coefficient (Wildman–Crippen LogP) is 4.24. The largest absolute Gasteiger partial charge is 0.462 e. The van der Waals surface area contributed by atoms with Crippen LogP contribution in [0.3, 0.4) is 0 Å². The number of carbonyl (C=O) groups excluding carboxylic acids is 1. The Morgan fingerprint density at radius 2 is 1.85 bits per heavy atom. The number of esters is 1. The Kier molecular flexibility index (Phi) is 4.73. The van der Waals surface area contributed by atoms with Gasteiger partial charge in [0.05, 0.1) is 28.2 Å². The first-order valence-electron chi connectivity index (χ1n) is 7.50. The van der Waals surface area contributed by atoms with Crippen molar-refractivity contribution in [3.63, 3.8) is 0 Å². The summed E-state index contributed by atoms with van der Waals surface area (Å²) >= 11 is 6.05. The second-order valence-corrected chi connectivity index (χ2v) is 5.75. The van der Waals surface area contributed by atoms with Gasteiger partial charge in [-0.3, -0.25) is 4.79 Å². The standard InChI is InChI=1S/C18H11ClF3NO3/c1-2-26-18(25)11-8-23(15-4-3-9(20)5-12(15)19)16-7-14(22)13(21)6-10(16)17(11)24/h3-8H,2H2,1H3. The highest BCUT2D eigenvalue weighted by Gasteiger charge is 2.20. The van der Waals surface area contributed by atoms with E-state index in [1.807, 2.05) is 0 Å². The highest BCUT2D eigenvalue weighted by Crippen LogP contribution is 2.26. The average molecular weight is 382 g/mol. The Balaban J connectivity index is 2.43. The van der Waals surface area contributed by atoms with Crippen LogP contribution in [-0.2, 0) is 4.74 Å². The van der Waals surface area contributed by atoms with Crippen LogP contribution >= 0.6 is 11.6 Å². The van der Waals surface area contributed by atoms with Crippen LogP contribution in [0.5, 0.6) is 0 Å². The minimum absolute atomic E-state index is 0.0192. The number of ether oxygens (including phenoxy) is 1. The van der Waals surface area contributed by atoms with Gasteiger partial charge in [-0.05, 0) is 31.2 Å². The molecule has 0 bridgehead atoms. The molecule has 134 valence electrons. The van der Waals surface area contributed by atoms with Crippen LogP contribution in [-0.4, -0.2) is 17.1 Å². The monoisotopic (exact) mass is 381 g/mol. The Bertz CT molecular complexity index is 1100. The third kappa shape index (κ3) is 3.06. The van der Waals surface area contributed by atoms with Crippen LogP contribution in [0.1, 0.15) is 17.3 Å². The third-order valence-electron chi connectivity index (χ3n) is 3.71. The number of fused-ring (bicyclic) bond motifs is 1. The zero-order valence-corrected chi connectivity index (χ0v) is 14.1. The van der Waals surface area contributed by atoms with E-state index in [0.717, 1.165) is 24.4 Å². The number of nitrogens with zero attached hydrogens (tertiary/aromatic N) is 1. The zero-order chi connectivity index (χ0) is 19.0. The zero-order valence-electron chi connectivity index (χ0n) is 13.4. The summed E-state index contributed by atoms with van der Waals surface area (Å²) in [7, 11) is 0. The fraction of sp³-hybridized carbons (Fsp3) is 0.111. The smallest absolute Gasteiger partial charge is 0.343 e. The lowest BCUT2D eigenvalue weighted by Crippen LogP contribution is -2.21. The van der Waals surface area contributed by atoms with Gasteiger partial charge in [-0.2, -0.15) is 0 Å². The van der Waals surface area contributed by atoms with E-state index < -0.39 is 28.8 Å². The van der Waals surface area contributed by atoms with Crippen LogP contribution in [0.2, 0.25) is 5.02 Å². The summed E-state index contributed by atoms with van der Waals surface area (Å²) in [6, 6.07) is 4.92. The van der Waals surface area contributed by atoms with Gasteiger partial charge in [0.1, 0.15) is 11.4 Å². The van der Waals surface area contributed by atoms with Gasteiger partial charge in [0, 0.05) is 12.3 Å². The quantitative estimate of drug-likeness (QED) is 0.638. The molecule has 1 aromatic heterocycles. The van der Waals surface area contributed by atoms with Crippen LogP contribution in [0.25, 0.3) is 16.6 Å². The summed E-state index contributed by atoms with van der Waals surface area (Å²) in [5.41, 5.74) is -1.05. The summed E-state index contributed by atoms with van der Waals surface area (Å²) in [6.45, 7) is 1.58. The molecule has 0 unspecified atom stereocenters. The molecule has 3 aromatic rings. The van der Waals surface area contributed by atoms with E-state index in [4.69, 9.17) is 16.3 Å². The summed E-state index contributed by atoms with van der Waals surface area (Å²) in [4.78, 5) is 24.6. The molecule has 4 nitrogen and oxygen atoms in total. The third-order valence-corrected chi connectivity index (χ3v) is 4.01. The number of pyridine rings is 1. The van der Waals surface area contributed by atoms with Gasteiger partial charge in [0.2, 0.25) is 5.43 Å². The fourth-order valence-corrected chi connectivity index (χ4v) is 2.81. The Morgan fingerprint density at radius 1 is 1.15 bits per heavy atom. The van der Waals surface area contributed by atoms with Crippen LogP contribution < -0.4 is 5.43 Å². The number of halogens is 4. The highest BCUT2D eigenvalue weighted by atomic mass is 35.5. The van der Waals surface area contributed by atoms with Gasteiger partial charge < -0.3 is 9.30 Å². The number of hydrogen-bond acceptors (Lipinski definition) is 3. The number of carbonyl (C=O) groups is 1. The molecule has 0 saturated heterocycles. The number of aromatic nitrogens is 1. The number of rotatable bonds is 3. The molecule has 1 heterocycles. The van der Waals surface area contributed by atoms with Gasteiger partial charge in [-0.25, -0.2) is 18.0 Å². The Morgan fingerprint density at radius 3 is 2.50 bits per heavy atom. The molecule has 8 heteroatoms. The predicted molar refractivity (Wildman–Crippen MR) is 90.4 cm³/mol. The van der Waals surface area contributed by atoms with Crippen molar-refractivity contribution < 1.29 is 22.7 Å². The average Bonchev–Trinajstić information content (AvgIpc) is 2.58. The van der Waals surface area contributed by atoms with Crippen LogP contribution in [0.4, 0.5) is 13.2 Å². The van der Waals surface area contributed by atoms with Gasteiger partial charge in [0.15, 0.2) is 11.6 Å². The molecule has 2 aromatic carbocycles. The summed E-state index contributed by atoms with van der Waals surface area (Å²) in [5, 5.41) is -0.288. The van der Waals surface area contributed by atoms with Crippen molar-refractivity contribution >= 4 is 28.5 Å². The van der Waals surface area contributed by atoms with Gasteiger partial charge >= 0.3 is 5.97 Å². The van der Waals surface area contributed by atoms with Crippen molar-refractivity contribution in [3.8, 4) is 5.69 Å². The molecule has 0 radical (unpaired) electrons.